The van der Waals surface area contributed by atoms with E-state index in [2.05, 4.69) is 5.32 Å². The van der Waals surface area contributed by atoms with Gasteiger partial charge in [0, 0.05) is 10.9 Å². The van der Waals surface area contributed by atoms with Gasteiger partial charge in [0.1, 0.15) is 5.76 Å². The molecule has 0 spiro atoms. The summed E-state index contributed by atoms with van der Waals surface area (Å²) >= 11 is 0. The normalized spacial score (nSPS) is 12.4. The smallest absolute Gasteiger partial charge is 0.287 e. The average molecular weight is 305 g/mol. The number of carbonyl (C=O) groups is 1. The molecule has 0 fully saturated rings. The second-order valence-corrected chi connectivity index (χ2v) is 6.65. The molecule has 0 saturated heterocycles. The van der Waals surface area contributed by atoms with Crippen molar-refractivity contribution in [3.8, 4) is 0 Å². The van der Waals surface area contributed by atoms with Gasteiger partial charge in [0.05, 0.1) is 16.6 Å². The molecule has 1 amide bonds. The van der Waals surface area contributed by atoms with Crippen LogP contribution in [0.4, 0.5) is 0 Å². The summed E-state index contributed by atoms with van der Waals surface area (Å²) in [5.74, 6) is 0.803. The third kappa shape index (κ3) is 4.29. The van der Waals surface area contributed by atoms with Gasteiger partial charge in [-0.1, -0.05) is 17.7 Å². The van der Waals surface area contributed by atoms with Gasteiger partial charge in [0.2, 0.25) is 0 Å². The molecule has 5 heteroatoms. The molecule has 2 aromatic rings. The van der Waals surface area contributed by atoms with Gasteiger partial charge in [-0.15, -0.1) is 0 Å². The van der Waals surface area contributed by atoms with Crippen LogP contribution in [-0.4, -0.2) is 16.2 Å². The molecule has 2 rings (SSSR count). The minimum absolute atomic E-state index is 0.0488. The lowest BCUT2D eigenvalue weighted by Crippen LogP contribution is -2.29. The largest absolute Gasteiger partial charge is 0.455 e. The minimum Gasteiger partial charge on any atom is -0.455 e. The summed E-state index contributed by atoms with van der Waals surface area (Å²) in [5.41, 5.74) is 1.13. The summed E-state index contributed by atoms with van der Waals surface area (Å²) in [6.07, 6.45) is 0. The maximum absolute atomic E-state index is 12.2. The summed E-state index contributed by atoms with van der Waals surface area (Å²) in [5, 5.41) is 2.76. The van der Waals surface area contributed by atoms with E-state index in [0.717, 1.165) is 10.5 Å². The van der Waals surface area contributed by atoms with Crippen molar-refractivity contribution in [2.75, 3.05) is 0 Å². The number of hydrogen-bond donors (Lipinski definition) is 1. The average Bonchev–Trinajstić information content (AvgIpc) is 2.87. The van der Waals surface area contributed by atoms with Gasteiger partial charge in [0.25, 0.3) is 5.91 Å². The van der Waals surface area contributed by atoms with Crippen LogP contribution in [-0.2, 0) is 16.6 Å². The van der Waals surface area contributed by atoms with E-state index < -0.39 is 10.8 Å². The molecule has 0 radical (unpaired) electrons. The first kappa shape index (κ1) is 15.5. The topological polar surface area (TPSA) is 59.3 Å². The SMILES string of the molecule is Cc1ccc(S(=O)Cc2ccc(C(=O)NC(C)C)o2)cc1. The van der Waals surface area contributed by atoms with Crippen molar-refractivity contribution < 1.29 is 13.4 Å². The van der Waals surface area contributed by atoms with E-state index in [0.29, 0.717) is 5.76 Å². The van der Waals surface area contributed by atoms with Crippen molar-refractivity contribution in [2.24, 2.45) is 0 Å². The van der Waals surface area contributed by atoms with E-state index in [1.165, 1.54) is 0 Å². The molecule has 4 nitrogen and oxygen atoms in total. The molecule has 112 valence electrons. The molecule has 1 heterocycles. The van der Waals surface area contributed by atoms with Crippen LogP contribution in [0.15, 0.2) is 45.7 Å². The number of hydrogen-bond acceptors (Lipinski definition) is 3. The van der Waals surface area contributed by atoms with E-state index >= 15 is 0 Å². The Morgan fingerprint density at radius 3 is 2.48 bits per heavy atom. The highest BCUT2D eigenvalue weighted by molar-refractivity contribution is 7.84. The maximum Gasteiger partial charge on any atom is 0.287 e. The Kier molecular flexibility index (Phi) is 4.96. The van der Waals surface area contributed by atoms with Crippen LogP contribution < -0.4 is 5.32 Å². The van der Waals surface area contributed by atoms with Gasteiger partial charge in [-0.05, 0) is 45.0 Å². The summed E-state index contributed by atoms with van der Waals surface area (Å²) < 4.78 is 17.7. The zero-order chi connectivity index (χ0) is 15.4. The third-order valence-electron chi connectivity index (χ3n) is 2.86. The summed E-state index contributed by atoms with van der Waals surface area (Å²) in [6, 6.07) is 10.9. The van der Waals surface area contributed by atoms with Crippen LogP contribution in [0.2, 0.25) is 0 Å². The summed E-state index contributed by atoms with van der Waals surface area (Å²) in [7, 11) is -1.18. The molecule has 1 aromatic heterocycles. The molecule has 1 N–H and O–H groups in total. The number of rotatable bonds is 5. The fourth-order valence-corrected chi connectivity index (χ4v) is 2.83. The van der Waals surface area contributed by atoms with Crippen molar-refractivity contribution in [1.29, 1.82) is 0 Å². The van der Waals surface area contributed by atoms with E-state index in [1.54, 1.807) is 12.1 Å². The molecule has 21 heavy (non-hydrogen) atoms. The molecule has 0 saturated carbocycles. The lowest BCUT2D eigenvalue weighted by atomic mass is 10.2. The van der Waals surface area contributed by atoms with Crippen LogP contribution in [0.5, 0.6) is 0 Å². The van der Waals surface area contributed by atoms with Crippen LogP contribution in [0.3, 0.4) is 0 Å². The van der Waals surface area contributed by atoms with Crippen molar-refractivity contribution in [2.45, 2.75) is 37.5 Å². The predicted molar refractivity (Wildman–Crippen MR) is 82.6 cm³/mol. The van der Waals surface area contributed by atoms with Gasteiger partial charge in [0.15, 0.2) is 5.76 Å². The standard InChI is InChI=1S/C16H19NO3S/c1-11(2)17-16(18)15-9-6-13(20-15)10-21(19)14-7-4-12(3)5-8-14/h4-9,11H,10H2,1-3H3,(H,17,18). The lowest BCUT2D eigenvalue weighted by Gasteiger charge is -2.05. The van der Waals surface area contributed by atoms with Crippen molar-refractivity contribution in [3.05, 3.63) is 53.5 Å². The van der Waals surface area contributed by atoms with Crippen LogP contribution in [0.1, 0.15) is 35.7 Å². The highest BCUT2D eigenvalue weighted by atomic mass is 32.2. The molecule has 0 bridgehead atoms. The van der Waals surface area contributed by atoms with E-state index in [4.69, 9.17) is 4.42 Å². The highest BCUT2D eigenvalue weighted by Crippen LogP contribution is 2.15. The number of carbonyl (C=O) groups excluding carboxylic acids is 1. The predicted octanol–water partition coefficient (Wildman–Crippen LogP) is 3.03. The first-order valence-electron chi connectivity index (χ1n) is 6.80. The fraction of sp³-hybridized carbons (Fsp3) is 0.312. The second-order valence-electron chi connectivity index (χ2n) is 5.20. The monoisotopic (exact) mass is 305 g/mol. The number of amides is 1. The number of furan rings is 1. The quantitative estimate of drug-likeness (QED) is 0.923. The number of nitrogens with one attached hydrogen (secondary N) is 1. The number of aryl methyl sites for hydroxylation is 1. The molecule has 1 atom stereocenters. The van der Waals surface area contributed by atoms with E-state index in [1.807, 2.05) is 45.0 Å². The molecule has 0 aliphatic carbocycles. The Morgan fingerprint density at radius 2 is 1.86 bits per heavy atom. The Hall–Kier alpha value is -1.88. The first-order valence-corrected chi connectivity index (χ1v) is 8.12. The highest BCUT2D eigenvalue weighted by Gasteiger charge is 2.14. The van der Waals surface area contributed by atoms with Crippen molar-refractivity contribution in [1.82, 2.24) is 5.32 Å². The van der Waals surface area contributed by atoms with Gasteiger partial charge in [-0.25, -0.2) is 0 Å². The fourth-order valence-electron chi connectivity index (χ4n) is 1.81. The Balaban J connectivity index is 2.03. The first-order chi connectivity index (χ1) is 9.95. The molecule has 0 aliphatic heterocycles. The lowest BCUT2D eigenvalue weighted by molar-refractivity contribution is 0.0913. The van der Waals surface area contributed by atoms with Crippen LogP contribution in [0.25, 0.3) is 0 Å². The van der Waals surface area contributed by atoms with Gasteiger partial charge in [-0.3, -0.25) is 9.00 Å². The Morgan fingerprint density at radius 1 is 1.19 bits per heavy atom. The zero-order valence-electron chi connectivity index (χ0n) is 12.4. The Bertz CT molecular complexity index is 644. The van der Waals surface area contributed by atoms with E-state index in [9.17, 15) is 9.00 Å². The molecule has 0 aliphatic rings. The molecular weight excluding hydrogens is 286 g/mol. The maximum atomic E-state index is 12.2. The zero-order valence-corrected chi connectivity index (χ0v) is 13.2. The Labute approximate surface area is 127 Å². The second kappa shape index (κ2) is 6.72. The van der Waals surface area contributed by atoms with E-state index in [-0.39, 0.29) is 23.5 Å². The third-order valence-corrected chi connectivity index (χ3v) is 4.21. The number of benzene rings is 1. The van der Waals surface area contributed by atoms with Crippen LogP contribution >= 0.6 is 0 Å². The van der Waals surface area contributed by atoms with Gasteiger partial charge < -0.3 is 9.73 Å². The van der Waals surface area contributed by atoms with Crippen molar-refractivity contribution >= 4 is 16.7 Å². The molecule has 1 unspecified atom stereocenters. The summed E-state index contributed by atoms with van der Waals surface area (Å²) in [4.78, 5) is 12.5. The van der Waals surface area contributed by atoms with Gasteiger partial charge in [-0.2, -0.15) is 0 Å². The minimum atomic E-state index is -1.18. The van der Waals surface area contributed by atoms with Crippen molar-refractivity contribution in [3.63, 3.8) is 0 Å². The summed E-state index contributed by atoms with van der Waals surface area (Å²) in [6.45, 7) is 5.75. The molecular formula is C16H19NO3S. The van der Waals surface area contributed by atoms with Crippen LogP contribution in [0, 0.1) is 6.92 Å². The molecule has 1 aromatic carbocycles. The van der Waals surface area contributed by atoms with Gasteiger partial charge >= 0.3 is 0 Å².